The quantitative estimate of drug-likeness (QED) is 0.361. The van der Waals surface area contributed by atoms with Crippen LogP contribution >= 0.6 is 0 Å². The number of carbonyl (C=O) groups excluding carboxylic acids is 3. The molecular weight excluding hydrogens is 172 g/mol. The third-order valence-corrected chi connectivity index (χ3v) is 1.63. The van der Waals surface area contributed by atoms with E-state index >= 15 is 0 Å². The number of hydrogen-bond donors (Lipinski definition) is 0. The molecule has 4 heteroatoms. The fraction of sp³-hybridized carbons (Fsp3) is 0.667. The molecule has 0 rings (SSSR count). The Morgan fingerprint density at radius 1 is 1.23 bits per heavy atom. The van der Waals surface area contributed by atoms with Crippen molar-refractivity contribution in [3.63, 3.8) is 0 Å². The smallest absolute Gasteiger partial charge is 0.316 e. The number of rotatable bonds is 5. The number of esters is 1. The van der Waals surface area contributed by atoms with E-state index in [1.165, 1.54) is 6.92 Å². The van der Waals surface area contributed by atoms with E-state index in [4.69, 9.17) is 0 Å². The molecule has 0 heterocycles. The fourth-order valence-electron chi connectivity index (χ4n) is 0.790. The molecule has 0 amide bonds. The molecule has 0 saturated heterocycles. The second kappa shape index (κ2) is 5.45. The summed E-state index contributed by atoms with van der Waals surface area (Å²) < 4.78 is 4.61. The van der Waals surface area contributed by atoms with Crippen molar-refractivity contribution in [2.24, 2.45) is 5.92 Å². The standard InChI is InChI=1S/C9H14O4/c1-4-7(10)8(11)6(3)9(12)13-5-2/h6H,4-5H2,1-3H3. The molecule has 0 N–H and O–H groups in total. The van der Waals surface area contributed by atoms with Crippen LogP contribution in [0.2, 0.25) is 0 Å². The molecule has 0 saturated carbocycles. The topological polar surface area (TPSA) is 60.4 Å². The number of ketones is 2. The van der Waals surface area contributed by atoms with Gasteiger partial charge in [0, 0.05) is 6.42 Å². The molecule has 1 unspecified atom stereocenters. The van der Waals surface area contributed by atoms with Gasteiger partial charge in [-0.05, 0) is 13.8 Å². The zero-order valence-electron chi connectivity index (χ0n) is 8.12. The van der Waals surface area contributed by atoms with Gasteiger partial charge < -0.3 is 4.74 Å². The first-order valence-electron chi connectivity index (χ1n) is 4.28. The Bertz CT molecular complexity index is 220. The van der Waals surface area contributed by atoms with Gasteiger partial charge in [0.1, 0.15) is 5.92 Å². The maximum atomic E-state index is 11.1. The summed E-state index contributed by atoms with van der Waals surface area (Å²) in [4.78, 5) is 33.1. The van der Waals surface area contributed by atoms with Crippen molar-refractivity contribution in [1.29, 1.82) is 0 Å². The van der Waals surface area contributed by atoms with Gasteiger partial charge >= 0.3 is 5.97 Å². The first-order chi connectivity index (χ1) is 6.04. The highest BCUT2D eigenvalue weighted by molar-refractivity contribution is 6.40. The van der Waals surface area contributed by atoms with Crippen LogP contribution in [0.15, 0.2) is 0 Å². The van der Waals surface area contributed by atoms with Crippen molar-refractivity contribution in [3.05, 3.63) is 0 Å². The molecule has 0 aromatic rings. The molecule has 0 bridgehead atoms. The van der Waals surface area contributed by atoms with Gasteiger partial charge in [-0.1, -0.05) is 6.92 Å². The highest BCUT2D eigenvalue weighted by atomic mass is 16.5. The van der Waals surface area contributed by atoms with Crippen LogP contribution in [0.3, 0.4) is 0 Å². The Morgan fingerprint density at radius 3 is 2.15 bits per heavy atom. The summed E-state index contributed by atoms with van der Waals surface area (Å²) in [6, 6.07) is 0. The van der Waals surface area contributed by atoms with Gasteiger partial charge in [0.25, 0.3) is 0 Å². The minimum Gasteiger partial charge on any atom is -0.465 e. The molecule has 0 aromatic carbocycles. The Hall–Kier alpha value is -1.19. The highest BCUT2D eigenvalue weighted by Gasteiger charge is 2.26. The van der Waals surface area contributed by atoms with Gasteiger partial charge in [0.2, 0.25) is 5.78 Å². The predicted molar refractivity (Wildman–Crippen MR) is 46.1 cm³/mol. The molecule has 4 nitrogen and oxygen atoms in total. The summed E-state index contributed by atoms with van der Waals surface area (Å²) >= 11 is 0. The van der Waals surface area contributed by atoms with E-state index in [0.717, 1.165) is 0 Å². The average Bonchev–Trinajstić information content (AvgIpc) is 2.14. The van der Waals surface area contributed by atoms with Gasteiger partial charge in [-0.3, -0.25) is 14.4 Å². The van der Waals surface area contributed by atoms with Crippen LogP contribution in [-0.2, 0) is 19.1 Å². The second-order valence-electron chi connectivity index (χ2n) is 2.61. The van der Waals surface area contributed by atoms with Crippen LogP contribution in [0, 0.1) is 5.92 Å². The molecule has 0 spiro atoms. The average molecular weight is 186 g/mol. The number of hydrogen-bond acceptors (Lipinski definition) is 4. The predicted octanol–water partition coefficient (Wildman–Crippen LogP) is 0.734. The Balaban J connectivity index is 4.25. The third-order valence-electron chi connectivity index (χ3n) is 1.63. The van der Waals surface area contributed by atoms with Crippen molar-refractivity contribution >= 4 is 17.5 Å². The van der Waals surface area contributed by atoms with Crippen LogP contribution in [0.25, 0.3) is 0 Å². The highest BCUT2D eigenvalue weighted by Crippen LogP contribution is 2.02. The number of carbonyl (C=O) groups is 3. The van der Waals surface area contributed by atoms with Gasteiger partial charge in [0.15, 0.2) is 5.78 Å². The van der Waals surface area contributed by atoms with Gasteiger partial charge in [-0.2, -0.15) is 0 Å². The molecule has 0 aliphatic rings. The molecule has 0 aliphatic carbocycles. The third kappa shape index (κ3) is 3.36. The van der Waals surface area contributed by atoms with Crippen LogP contribution in [0.1, 0.15) is 27.2 Å². The van der Waals surface area contributed by atoms with Crippen LogP contribution in [0.4, 0.5) is 0 Å². The maximum absolute atomic E-state index is 11.1. The van der Waals surface area contributed by atoms with E-state index < -0.39 is 23.5 Å². The zero-order chi connectivity index (χ0) is 10.4. The summed E-state index contributed by atoms with van der Waals surface area (Å²) in [6.45, 7) is 4.83. The molecule has 0 aliphatic heterocycles. The molecule has 13 heavy (non-hydrogen) atoms. The lowest BCUT2D eigenvalue weighted by Gasteiger charge is -2.07. The lowest BCUT2D eigenvalue weighted by molar-refractivity contribution is -0.153. The zero-order valence-corrected chi connectivity index (χ0v) is 8.12. The van der Waals surface area contributed by atoms with Crippen LogP contribution in [-0.4, -0.2) is 24.1 Å². The molecule has 0 aromatic heterocycles. The van der Waals surface area contributed by atoms with E-state index in [0.29, 0.717) is 0 Å². The minimum absolute atomic E-state index is 0.128. The first kappa shape index (κ1) is 11.8. The minimum atomic E-state index is -0.965. The van der Waals surface area contributed by atoms with Crippen LogP contribution in [0.5, 0.6) is 0 Å². The van der Waals surface area contributed by atoms with Crippen molar-refractivity contribution in [1.82, 2.24) is 0 Å². The number of Topliss-reactive ketones (excluding diaryl/α,β-unsaturated/α-hetero) is 2. The monoisotopic (exact) mass is 186 g/mol. The van der Waals surface area contributed by atoms with Gasteiger partial charge in [-0.15, -0.1) is 0 Å². The van der Waals surface area contributed by atoms with Crippen LogP contribution < -0.4 is 0 Å². The van der Waals surface area contributed by atoms with E-state index in [2.05, 4.69) is 4.74 Å². The van der Waals surface area contributed by atoms with E-state index in [-0.39, 0.29) is 13.0 Å². The largest absolute Gasteiger partial charge is 0.465 e. The fourth-order valence-corrected chi connectivity index (χ4v) is 0.790. The van der Waals surface area contributed by atoms with Crippen molar-refractivity contribution < 1.29 is 19.1 Å². The van der Waals surface area contributed by atoms with Crippen molar-refractivity contribution in [3.8, 4) is 0 Å². The molecule has 74 valence electrons. The van der Waals surface area contributed by atoms with Gasteiger partial charge in [-0.25, -0.2) is 0 Å². The Kier molecular flexibility index (Phi) is 4.96. The number of ether oxygens (including phenoxy) is 1. The second-order valence-corrected chi connectivity index (χ2v) is 2.61. The van der Waals surface area contributed by atoms with E-state index in [1.807, 2.05) is 0 Å². The summed E-state index contributed by atoms with van der Waals surface area (Å²) in [5, 5.41) is 0. The Labute approximate surface area is 77.3 Å². The lowest BCUT2D eigenvalue weighted by Crippen LogP contribution is -2.28. The SMILES string of the molecule is CCOC(=O)C(C)C(=O)C(=O)CC. The lowest BCUT2D eigenvalue weighted by atomic mass is 10.0. The molecule has 1 atom stereocenters. The Morgan fingerprint density at radius 2 is 1.77 bits per heavy atom. The summed E-state index contributed by atoms with van der Waals surface area (Å²) in [5.41, 5.74) is 0. The first-order valence-corrected chi connectivity index (χ1v) is 4.28. The van der Waals surface area contributed by atoms with Crippen molar-refractivity contribution in [2.75, 3.05) is 6.61 Å². The molecule has 0 fully saturated rings. The normalized spacial score (nSPS) is 11.9. The summed E-state index contributed by atoms with van der Waals surface area (Å²) in [7, 11) is 0. The molecular formula is C9H14O4. The summed E-state index contributed by atoms with van der Waals surface area (Å²) in [6.07, 6.45) is 0.128. The van der Waals surface area contributed by atoms with E-state index in [9.17, 15) is 14.4 Å². The van der Waals surface area contributed by atoms with E-state index in [1.54, 1.807) is 13.8 Å². The summed E-state index contributed by atoms with van der Waals surface area (Å²) in [5.74, 6) is -2.79. The maximum Gasteiger partial charge on any atom is 0.316 e. The molecule has 0 radical (unpaired) electrons. The van der Waals surface area contributed by atoms with Gasteiger partial charge in [0.05, 0.1) is 6.61 Å². The van der Waals surface area contributed by atoms with Crippen molar-refractivity contribution in [2.45, 2.75) is 27.2 Å².